The standard InChI is InChI=1S/C14H17N5O/c1-3-19(10-11-6-8-16-9-7-11)14(20)12-4-5-13(15-2)18-17-12/h4-9H,3,10H2,1-2H3,(H,15,18). The molecular formula is C14H17N5O. The first-order chi connectivity index (χ1) is 9.74. The molecule has 2 aromatic rings. The van der Waals surface area contributed by atoms with Crippen LogP contribution in [-0.4, -0.2) is 39.6 Å². The van der Waals surface area contributed by atoms with Crippen molar-refractivity contribution in [3.8, 4) is 0 Å². The summed E-state index contributed by atoms with van der Waals surface area (Å²) >= 11 is 0. The quantitative estimate of drug-likeness (QED) is 0.894. The molecule has 0 bridgehead atoms. The number of carbonyl (C=O) groups is 1. The van der Waals surface area contributed by atoms with E-state index < -0.39 is 0 Å². The summed E-state index contributed by atoms with van der Waals surface area (Å²) in [5.74, 6) is 0.512. The van der Waals surface area contributed by atoms with Crippen molar-refractivity contribution in [3.05, 3.63) is 47.9 Å². The van der Waals surface area contributed by atoms with Crippen LogP contribution >= 0.6 is 0 Å². The van der Waals surface area contributed by atoms with Gasteiger partial charge < -0.3 is 10.2 Å². The fraction of sp³-hybridized carbons (Fsp3) is 0.286. The van der Waals surface area contributed by atoms with Crippen molar-refractivity contribution in [1.29, 1.82) is 0 Å². The molecule has 2 heterocycles. The molecule has 0 saturated heterocycles. The van der Waals surface area contributed by atoms with E-state index in [9.17, 15) is 4.79 Å². The highest BCUT2D eigenvalue weighted by Crippen LogP contribution is 2.08. The molecule has 0 aromatic carbocycles. The third-order valence-corrected chi connectivity index (χ3v) is 2.93. The van der Waals surface area contributed by atoms with Crippen LogP contribution in [0.1, 0.15) is 23.0 Å². The molecule has 6 heteroatoms. The van der Waals surface area contributed by atoms with Crippen molar-refractivity contribution < 1.29 is 4.79 Å². The lowest BCUT2D eigenvalue weighted by Gasteiger charge is -2.20. The molecule has 0 saturated carbocycles. The van der Waals surface area contributed by atoms with Gasteiger partial charge in [0, 0.05) is 32.5 Å². The van der Waals surface area contributed by atoms with Crippen molar-refractivity contribution in [2.75, 3.05) is 18.9 Å². The number of nitrogens with one attached hydrogen (secondary N) is 1. The molecule has 0 radical (unpaired) electrons. The van der Waals surface area contributed by atoms with Gasteiger partial charge in [0.15, 0.2) is 5.69 Å². The Morgan fingerprint density at radius 1 is 1.20 bits per heavy atom. The van der Waals surface area contributed by atoms with Gasteiger partial charge in [-0.2, -0.15) is 0 Å². The predicted octanol–water partition coefficient (Wildman–Crippen LogP) is 1.58. The van der Waals surface area contributed by atoms with E-state index in [1.54, 1.807) is 36.5 Å². The molecule has 0 aliphatic carbocycles. The molecule has 0 spiro atoms. The van der Waals surface area contributed by atoms with Crippen molar-refractivity contribution in [1.82, 2.24) is 20.1 Å². The molecular weight excluding hydrogens is 254 g/mol. The van der Waals surface area contributed by atoms with Crippen molar-refractivity contribution in [2.24, 2.45) is 0 Å². The fourth-order valence-corrected chi connectivity index (χ4v) is 1.78. The molecule has 0 atom stereocenters. The molecule has 1 N–H and O–H groups in total. The Kier molecular flexibility index (Phi) is 4.60. The number of aromatic nitrogens is 3. The van der Waals surface area contributed by atoms with Gasteiger partial charge in [-0.1, -0.05) is 0 Å². The number of rotatable bonds is 5. The second-order valence-electron chi connectivity index (χ2n) is 4.23. The first kappa shape index (κ1) is 13.9. The van der Waals surface area contributed by atoms with Crippen molar-refractivity contribution in [3.63, 3.8) is 0 Å². The minimum Gasteiger partial charge on any atom is -0.372 e. The molecule has 0 aliphatic rings. The molecule has 104 valence electrons. The normalized spacial score (nSPS) is 10.1. The summed E-state index contributed by atoms with van der Waals surface area (Å²) in [5.41, 5.74) is 1.38. The van der Waals surface area contributed by atoms with Gasteiger partial charge in [0.2, 0.25) is 0 Å². The summed E-state index contributed by atoms with van der Waals surface area (Å²) in [5, 5.41) is 10.7. The molecule has 6 nitrogen and oxygen atoms in total. The van der Waals surface area contributed by atoms with Crippen LogP contribution in [0.3, 0.4) is 0 Å². The first-order valence-electron chi connectivity index (χ1n) is 6.44. The van der Waals surface area contributed by atoms with Gasteiger partial charge in [0.1, 0.15) is 5.82 Å². The number of anilines is 1. The van der Waals surface area contributed by atoms with E-state index in [1.807, 2.05) is 19.1 Å². The van der Waals surface area contributed by atoms with Gasteiger partial charge in [0.05, 0.1) is 0 Å². The molecule has 1 amide bonds. The monoisotopic (exact) mass is 271 g/mol. The van der Waals surface area contributed by atoms with Crippen LogP contribution in [0.15, 0.2) is 36.7 Å². The number of hydrogen-bond donors (Lipinski definition) is 1. The molecule has 2 aromatic heterocycles. The van der Waals surface area contributed by atoms with E-state index in [-0.39, 0.29) is 5.91 Å². The van der Waals surface area contributed by atoms with Crippen LogP contribution in [0.25, 0.3) is 0 Å². The third-order valence-electron chi connectivity index (χ3n) is 2.93. The minimum absolute atomic E-state index is 0.125. The Labute approximate surface area is 117 Å². The highest BCUT2D eigenvalue weighted by molar-refractivity contribution is 5.92. The lowest BCUT2D eigenvalue weighted by atomic mass is 10.2. The lowest BCUT2D eigenvalue weighted by Crippen LogP contribution is -2.31. The second kappa shape index (κ2) is 6.60. The zero-order valence-electron chi connectivity index (χ0n) is 11.6. The van der Waals surface area contributed by atoms with E-state index in [4.69, 9.17) is 0 Å². The van der Waals surface area contributed by atoms with Crippen LogP contribution in [0.2, 0.25) is 0 Å². The van der Waals surface area contributed by atoms with Crippen LogP contribution < -0.4 is 5.32 Å². The van der Waals surface area contributed by atoms with Crippen LogP contribution in [0, 0.1) is 0 Å². The van der Waals surface area contributed by atoms with Gasteiger partial charge in [-0.05, 0) is 36.8 Å². The molecule has 0 unspecified atom stereocenters. The summed E-state index contributed by atoms with van der Waals surface area (Å²) in [6.07, 6.45) is 3.43. The Morgan fingerprint density at radius 2 is 1.95 bits per heavy atom. The Morgan fingerprint density at radius 3 is 2.50 bits per heavy atom. The Hall–Kier alpha value is -2.50. The van der Waals surface area contributed by atoms with Crippen LogP contribution in [-0.2, 0) is 6.54 Å². The zero-order chi connectivity index (χ0) is 14.4. The van der Waals surface area contributed by atoms with Crippen molar-refractivity contribution in [2.45, 2.75) is 13.5 Å². The maximum Gasteiger partial charge on any atom is 0.274 e. The number of hydrogen-bond acceptors (Lipinski definition) is 5. The van der Waals surface area contributed by atoms with E-state index in [0.717, 1.165) is 5.56 Å². The number of pyridine rings is 1. The van der Waals surface area contributed by atoms with E-state index >= 15 is 0 Å². The largest absolute Gasteiger partial charge is 0.372 e. The predicted molar refractivity (Wildman–Crippen MR) is 76.2 cm³/mol. The average molecular weight is 271 g/mol. The maximum absolute atomic E-state index is 12.4. The van der Waals surface area contributed by atoms with Crippen LogP contribution in [0.5, 0.6) is 0 Å². The number of nitrogens with zero attached hydrogens (tertiary/aromatic N) is 4. The maximum atomic E-state index is 12.4. The van der Waals surface area contributed by atoms with E-state index in [1.165, 1.54) is 0 Å². The van der Waals surface area contributed by atoms with Crippen LogP contribution in [0.4, 0.5) is 5.82 Å². The van der Waals surface area contributed by atoms with Gasteiger partial charge >= 0.3 is 0 Å². The van der Waals surface area contributed by atoms with E-state index in [0.29, 0.717) is 24.6 Å². The zero-order valence-corrected chi connectivity index (χ0v) is 11.6. The fourth-order valence-electron chi connectivity index (χ4n) is 1.78. The summed E-state index contributed by atoms with van der Waals surface area (Å²) in [6.45, 7) is 3.08. The highest BCUT2D eigenvalue weighted by atomic mass is 16.2. The summed E-state index contributed by atoms with van der Waals surface area (Å²) in [7, 11) is 1.76. The third kappa shape index (κ3) is 3.28. The summed E-state index contributed by atoms with van der Waals surface area (Å²) in [4.78, 5) is 18.1. The number of carbonyl (C=O) groups excluding carboxylic acids is 1. The second-order valence-corrected chi connectivity index (χ2v) is 4.23. The molecule has 2 rings (SSSR count). The lowest BCUT2D eigenvalue weighted by molar-refractivity contribution is 0.0745. The summed E-state index contributed by atoms with van der Waals surface area (Å²) in [6, 6.07) is 7.20. The molecule has 20 heavy (non-hydrogen) atoms. The smallest absolute Gasteiger partial charge is 0.274 e. The topological polar surface area (TPSA) is 71.0 Å². The van der Waals surface area contributed by atoms with Gasteiger partial charge in [-0.25, -0.2) is 0 Å². The Balaban J connectivity index is 2.12. The molecule has 0 aliphatic heterocycles. The van der Waals surface area contributed by atoms with E-state index in [2.05, 4.69) is 20.5 Å². The minimum atomic E-state index is -0.125. The van der Waals surface area contributed by atoms with Gasteiger partial charge in [0.25, 0.3) is 5.91 Å². The average Bonchev–Trinajstić information content (AvgIpc) is 2.53. The SMILES string of the molecule is CCN(Cc1ccncc1)C(=O)c1ccc(NC)nn1. The van der Waals surface area contributed by atoms with Gasteiger partial charge in [-0.3, -0.25) is 9.78 Å². The van der Waals surface area contributed by atoms with Crippen molar-refractivity contribution >= 4 is 11.7 Å². The first-order valence-corrected chi connectivity index (χ1v) is 6.44. The Bertz CT molecular complexity index is 556. The summed E-state index contributed by atoms with van der Waals surface area (Å²) < 4.78 is 0. The highest BCUT2D eigenvalue weighted by Gasteiger charge is 2.16. The number of amides is 1. The van der Waals surface area contributed by atoms with Gasteiger partial charge in [-0.15, -0.1) is 10.2 Å². The molecule has 0 fully saturated rings.